The molecule has 0 atom stereocenters. The number of ether oxygens (including phenoxy) is 1. The number of pyridine rings is 1. The number of aromatic nitrogens is 1. The van der Waals surface area contributed by atoms with Gasteiger partial charge in [-0.05, 0) is 30.7 Å². The van der Waals surface area contributed by atoms with Crippen molar-refractivity contribution in [3.63, 3.8) is 0 Å². The summed E-state index contributed by atoms with van der Waals surface area (Å²) in [5.41, 5.74) is 5.81. The Morgan fingerprint density at radius 3 is 2.79 bits per heavy atom. The molecule has 1 heterocycles. The summed E-state index contributed by atoms with van der Waals surface area (Å²) in [6.45, 7) is 1.74. The molecule has 6 nitrogen and oxygen atoms in total. The minimum atomic E-state index is -0.671. The Morgan fingerprint density at radius 2 is 2.11 bits per heavy atom. The summed E-state index contributed by atoms with van der Waals surface area (Å²) in [6, 6.07) is 6.62. The van der Waals surface area contributed by atoms with Crippen molar-refractivity contribution in [2.45, 2.75) is 6.92 Å². The number of aryl methyl sites for hydroxylation is 1. The molecule has 0 saturated heterocycles. The van der Waals surface area contributed by atoms with Gasteiger partial charge < -0.3 is 10.5 Å². The zero-order valence-electron chi connectivity index (χ0n) is 9.96. The van der Waals surface area contributed by atoms with E-state index in [9.17, 15) is 14.5 Å². The van der Waals surface area contributed by atoms with Crippen molar-refractivity contribution < 1.29 is 14.1 Å². The van der Waals surface area contributed by atoms with Gasteiger partial charge >= 0.3 is 11.6 Å². The van der Waals surface area contributed by atoms with Crippen molar-refractivity contribution in [2.24, 2.45) is 0 Å². The first-order chi connectivity index (χ1) is 8.97. The van der Waals surface area contributed by atoms with Crippen molar-refractivity contribution in [2.75, 3.05) is 5.73 Å². The summed E-state index contributed by atoms with van der Waals surface area (Å²) >= 11 is 0. The number of hydrogen-bond donors (Lipinski definition) is 1. The minimum absolute atomic E-state index is 0.0497. The zero-order valence-corrected chi connectivity index (χ0v) is 9.96. The fraction of sp³-hybridized carbons (Fsp3) is 0.0833. The highest BCUT2D eigenvalue weighted by Crippen LogP contribution is 2.31. The number of anilines is 1. The highest BCUT2D eigenvalue weighted by molar-refractivity contribution is 5.49. The molecule has 0 fully saturated rings. The van der Waals surface area contributed by atoms with Crippen LogP contribution in [0.25, 0.3) is 0 Å². The van der Waals surface area contributed by atoms with Gasteiger partial charge in [-0.2, -0.15) is 4.98 Å². The first kappa shape index (κ1) is 12.7. The van der Waals surface area contributed by atoms with Crippen LogP contribution in [0, 0.1) is 22.9 Å². The minimum Gasteiger partial charge on any atom is -0.430 e. The molecule has 0 amide bonds. The SMILES string of the molecule is Cc1ccc(F)c(Oc2nc(N)ccc2[N+](=O)[O-])c1. The molecule has 0 bridgehead atoms. The largest absolute Gasteiger partial charge is 0.430 e. The Kier molecular flexibility index (Phi) is 3.28. The molecule has 0 radical (unpaired) electrons. The molecule has 2 aromatic rings. The Balaban J connectivity index is 2.45. The van der Waals surface area contributed by atoms with E-state index in [0.717, 1.165) is 11.6 Å². The Labute approximate surface area is 107 Å². The van der Waals surface area contributed by atoms with Crippen LogP contribution in [-0.4, -0.2) is 9.91 Å². The standard InChI is InChI=1S/C12H10FN3O3/c1-7-2-3-8(13)10(6-7)19-12-9(16(17)18)4-5-11(14)15-12/h2-6H,1H3,(H2,14,15). The highest BCUT2D eigenvalue weighted by atomic mass is 19.1. The molecular weight excluding hydrogens is 253 g/mol. The summed E-state index contributed by atoms with van der Waals surface area (Å²) in [4.78, 5) is 13.9. The molecule has 0 aliphatic rings. The third kappa shape index (κ3) is 2.76. The van der Waals surface area contributed by atoms with Crippen LogP contribution in [0.1, 0.15) is 5.56 Å². The van der Waals surface area contributed by atoms with Crippen molar-refractivity contribution in [1.82, 2.24) is 4.98 Å². The predicted molar refractivity (Wildman–Crippen MR) is 66.5 cm³/mol. The molecule has 2 N–H and O–H groups in total. The van der Waals surface area contributed by atoms with Crippen LogP contribution in [0.4, 0.5) is 15.9 Å². The van der Waals surface area contributed by atoms with Gasteiger partial charge in [-0.3, -0.25) is 10.1 Å². The summed E-state index contributed by atoms with van der Waals surface area (Å²) in [5, 5.41) is 10.8. The maximum Gasteiger partial charge on any atom is 0.331 e. The molecular formula is C12H10FN3O3. The lowest BCUT2D eigenvalue weighted by molar-refractivity contribution is -0.386. The maximum absolute atomic E-state index is 13.5. The van der Waals surface area contributed by atoms with Gasteiger partial charge in [0, 0.05) is 6.07 Å². The summed E-state index contributed by atoms with van der Waals surface area (Å²) in [7, 11) is 0. The number of nitrogens with two attached hydrogens (primary N) is 1. The molecule has 0 aliphatic heterocycles. The molecule has 1 aromatic heterocycles. The van der Waals surface area contributed by atoms with E-state index in [2.05, 4.69) is 4.98 Å². The lowest BCUT2D eigenvalue weighted by Crippen LogP contribution is -2.00. The molecule has 2 rings (SSSR count). The predicted octanol–water partition coefficient (Wildman–Crippen LogP) is 2.81. The van der Waals surface area contributed by atoms with Gasteiger partial charge in [0.15, 0.2) is 11.6 Å². The third-order valence-electron chi connectivity index (χ3n) is 2.35. The summed E-state index contributed by atoms with van der Waals surface area (Å²) in [6.07, 6.45) is 0. The van der Waals surface area contributed by atoms with Crippen LogP contribution < -0.4 is 10.5 Å². The number of halogens is 1. The van der Waals surface area contributed by atoms with E-state index in [1.165, 1.54) is 18.2 Å². The van der Waals surface area contributed by atoms with Gasteiger partial charge in [0.05, 0.1) is 4.92 Å². The monoisotopic (exact) mass is 263 g/mol. The van der Waals surface area contributed by atoms with Crippen LogP contribution in [0.15, 0.2) is 30.3 Å². The maximum atomic E-state index is 13.5. The van der Waals surface area contributed by atoms with Crippen LogP contribution >= 0.6 is 0 Å². The van der Waals surface area contributed by atoms with Crippen molar-refractivity contribution in [1.29, 1.82) is 0 Å². The molecule has 0 saturated carbocycles. The van der Waals surface area contributed by atoms with E-state index in [0.29, 0.717) is 0 Å². The summed E-state index contributed by atoms with van der Waals surface area (Å²) in [5.74, 6) is -1.06. The van der Waals surface area contributed by atoms with Crippen molar-refractivity contribution >= 4 is 11.5 Å². The fourth-order valence-corrected chi connectivity index (χ4v) is 1.45. The summed E-state index contributed by atoms with van der Waals surface area (Å²) < 4.78 is 18.7. The smallest absolute Gasteiger partial charge is 0.331 e. The lowest BCUT2D eigenvalue weighted by atomic mass is 10.2. The molecule has 98 valence electrons. The number of hydrogen-bond acceptors (Lipinski definition) is 5. The molecule has 0 spiro atoms. The number of rotatable bonds is 3. The number of nitrogen functional groups attached to an aromatic ring is 1. The van der Waals surface area contributed by atoms with E-state index in [4.69, 9.17) is 10.5 Å². The van der Waals surface area contributed by atoms with Gasteiger partial charge in [0.1, 0.15) is 5.82 Å². The average molecular weight is 263 g/mol. The van der Waals surface area contributed by atoms with Gasteiger partial charge in [0.2, 0.25) is 0 Å². The Hall–Kier alpha value is -2.70. The second-order valence-corrected chi connectivity index (χ2v) is 3.85. The van der Waals surface area contributed by atoms with Crippen molar-refractivity contribution in [3.05, 3.63) is 51.8 Å². The quantitative estimate of drug-likeness (QED) is 0.679. The van der Waals surface area contributed by atoms with E-state index in [1.807, 2.05) is 0 Å². The van der Waals surface area contributed by atoms with Crippen molar-refractivity contribution in [3.8, 4) is 11.6 Å². The molecule has 0 unspecified atom stereocenters. The molecule has 19 heavy (non-hydrogen) atoms. The third-order valence-corrected chi connectivity index (χ3v) is 2.35. The fourth-order valence-electron chi connectivity index (χ4n) is 1.45. The average Bonchev–Trinajstić information content (AvgIpc) is 2.33. The normalized spacial score (nSPS) is 10.2. The molecule has 0 aliphatic carbocycles. The zero-order chi connectivity index (χ0) is 14.0. The second-order valence-electron chi connectivity index (χ2n) is 3.85. The van der Waals surface area contributed by atoms with E-state index in [1.54, 1.807) is 13.0 Å². The molecule has 7 heteroatoms. The van der Waals surface area contributed by atoms with E-state index >= 15 is 0 Å². The van der Waals surface area contributed by atoms with Gasteiger partial charge in [-0.15, -0.1) is 0 Å². The number of nitrogens with zero attached hydrogens (tertiary/aromatic N) is 2. The van der Waals surface area contributed by atoms with Crippen LogP contribution in [0.2, 0.25) is 0 Å². The molecule has 1 aromatic carbocycles. The number of nitro groups is 1. The van der Waals surface area contributed by atoms with Crippen LogP contribution in [0.5, 0.6) is 11.6 Å². The highest BCUT2D eigenvalue weighted by Gasteiger charge is 2.19. The van der Waals surface area contributed by atoms with Crippen LogP contribution in [0.3, 0.4) is 0 Å². The van der Waals surface area contributed by atoms with Gasteiger partial charge in [0.25, 0.3) is 0 Å². The van der Waals surface area contributed by atoms with Gasteiger partial charge in [-0.1, -0.05) is 6.07 Å². The number of benzene rings is 1. The first-order valence-corrected chi connectivity index (χ1v) is 5.32. The van der Waals surface area contributed by atoms with Crippen LogP contribution in [-0.2, 0) is 0 Å². The van der Waals surface area contributed by atoms with E-state index in [-0.39, 0.29) is 23.1 Å². The lowest BCUT2D eigenvalue weighted by Gasteiger charge is -2.07. The van der Waals surface area contributed by atoms with E-state index < -0.39 is 10.7 Å². The Morgan fingerprint density at radius 1 is 1.37 bits per heavy atom. The topological polar surface area (TPSA) is 91.3 Å². The van der Waals surface area contributed by atoms with Gasteiger partial charge in [-0.25, -0.2) is 4.39 Å². The first-order valence-electron chi connectivity index (χ1n) is 5.32. The second kappa shape index (κ2) is 4.89. The Bertz CT molecular complexity index is 646.